The molecule has 1 aromatic carbocycles. The molecule has 0 spiro atoms. The monoisotopic (exact) mass is 298 g/mol. The van der Waals surface area contributed by atoms with Crippen LogP contribution in [0.5, 0.6) is 0 Å². The van der Waals surface area contributed by atoms with E-state index in [1.54, 1.807) is 4.90 Å². The second kappa shape index (κ2) is 7.36. The number of halogens is 2. The van der Waals surface area contributed by atoms with Crippen molar-refractivity contribution in [2.45, 2.75) is 19.8 Å². The van der Waals surface area contributed by atoms with Crippen LogP contribution in [-0.2, 0) is 4.74 Å². The summed E-state index contributed by atoms with van der Waals surface area (Å²) in [6, 6.07) is 3.02. The van der Waals surface area contributed by atoms with Gasteiger partial charge in [-0.1, -0.05) is 13.0 Å². The standard InChI is InChI=1S/C15H20F2N2O2/c1-2-7-19(9-11-6-8-21-10-11)15(20)18-14-12(16)4-3-5-13(14)17/h3-5,11H,2,6-10H2,1H3,(H,18,20). The first-order valence-electron chi connectivity index (χ1n) is 7.19. The zero-order valence-electron chi connectivity index (χ0n) is 12.1. The molecule has 21 heavy (non-hydrogen) atoms. The van der Waals surface area contributed by atoms with Gasteiger partial charge in [-0.25, -0.2) is 13.6 Å². The summed E-state index contributed by atoms with van der Waals surface area (Å²) in [7, 11) is 0. The van der Waals surface area contributed by atoms with E-state index in [-0.39, 0.29) is 5.92 Å². The first-order valence-corrected chi connectivity index (χ1v) is 7.19. The second-order valence-corrected chi connectivity index (χ2v) is 5.20. The Labute approximate surface area is 123 Å². The van der Waals surface area contributed by atoms with E-state index in [9.17, 15) is 13.6 Å². The van der Waals surface area contributed by atoms with E-state index in [0.29, 0.717) is 26.3 Å². The average Bonchev–Trinajstić information content (AvgIpc) is 2.95. The van der Waals surface area contributed by atoms with Crippen LogP contribution in [0.2, 0.25) is 0 Å². The fourth-order valence-corrected chi connectivity index (χ4v) is 2.39. The third kappa shape index (κ3) is 4.14. The summed E-state index contributed by atoms with van der Waals surface area (Å²) in [4.78, 5) is 13.8. The highest BCUT2D eigenvalue weighted by atomic mass is 19.1. The van der Waals surface area contributed by atoms with E-state index in [2.05, 4.69) is 5.32 Å². The molecule has 0 aliphatic carbocycles. The van der Waals surface area contributed by atoms with Crippen molar-refractivity contribution in [1.82, 2.24) is 4.90 Å². The third-order valence-corrected chi connectivity index (χ3v) is 3.48. The minimum absolute atomic E-state index is 0.285. The summed E-state index contributed by atoms with van der Waals surface area (Å²) >= 11 is 0. The van der Waals surface area contributed by atoms with Crippen molar-refractivity contribution >= 4 is 11.7 Å². The van der Waals surface area contributed by atoms with Gasteiger partial charge in [0.1, 0.15) is 17.3 Å². The number of nitrogens with one attached hydrogen (secondary N) is 1. The Kier molecular flexibility index (Phi) is 5.50. The molecule has 0 saturated carbocycles. The number of para-hydroxylation sites is 1. The van der Waals surface area contributed by atoms with Crippen molar-refractivity contribution < 1.29 is 18.3 Å². The molecule has 1 aliphatic heterocycles. The van der Waals surface area contributed by atoms with Gasteiger partial charge >= 0.3 is 6.03 Å². The van der Waals surface area contributed by atoms with Crippen molar-refractivity contribution in [3.8, 4) is 0 Å². The zero-order valence-corrected chi connectivity index (χ0v) is 12.1. The Hall–Kier alpha value is -1.69. The van der Waals surface area contributed by atoms with Gasteiger partial charge in [-0.2, -0.15) is 0 Å². The van der Waals surface area contributed by atoms with E-state index in [1.807, 2.05) is 6.92 Å². The molecule has 1 N–H and O–H groups in total. The highest BCUT2D eigenvalue weighted by Crippen LogP contribution is 2.20. The van der Waals surface area contributed by atoms with Crippen LogP contribution in [0.1, 0.15) is 19.8 Å². The van der Waals surface area contributed by atoms with Crippen molar-refractivity contribution in [2.24, 2.45) is 5.92 Å². The zero-order chi connectivity index (χ0) is 15.2. The number of benzene rings is 1. The highest BCUT2D eigenvalue weighted by Gasteiger charge is 2.23. The molecule has 0 radical (unpaired) electrons. The van der Waals surface area contributed by atoms with Gasteiger partial charge < -0.3 is 15.0 Å². The molecule has 116 valence electrons. The lowest BCUT2D eigenvalue weighted by Gasteiger charge is -2.25. The van der Waals surface area contributed by atoms with Gasteiger partial charge in [0.15, 0.2) is 0 Å². The van der Waals surface area contributed by atoms with E-state index in [4.69, 9.17) is 4.74 Å². The van der Waals surface area contributed by atoms with Crippen LogP contribution in [-0.4, -0.2) is 37.2 Å². The maximum atomic E-state index is 13.6. The Balaban J connectivity index is 2.03. The molecule has 1 aliphatic rings. The Morgan fingerprint density at radius 1 is 1.43 bits per heavy atom. The maximum absolute atomic E-state index is 13.6. The average molecular weight is 298 g/mol. The summed E-state index contributed by atoms with van der Waals surface area (Å²) in [6.45, 7) is 4.36. The molecule has 1 fully saturated rings. The van der Waals surface area contributed by atoms with Crippen LogP contribution in [0.3, 0.4) is 0 Å². The van der Waals surface area contributed by atoms with E-state index in [1.165, 1.54) is 6.07 Å². The van der Waals surface area contributed by atoms with Crippen LogP contribution in [0.15, 0.2) is 18.2 Å². The summed E-state index contributed by atoms with van der Waals surface area (Å²) in [5.74, 6) is -1.26. The van der Waals surface area contributed by atoms with Crippen LogP contribution < -0.4 is 5.32 Å². The number of hydrogen-bond donors (Lipinski definition) is 1. The van der Waals surface area contributed by atoms with Gasteiger partial charge in [0.05, 0.1) is 6.61 Å². The summed E-state index contributed by atoms with van der Waals surface area (Å²) < 4.78 is 32.4. The molecule has 1 saturated heterocycles. The van der Waals surface area contributed by atoms with E-state index < -0.39 is 23.4 Å². The molecule has 1 atom stereocenters. The van der Waals surface area contributed by atoms with Gasteiger partial charge in [0.2, 0.25) is 0 Å². The normalized spacial score (nSPS) is 17.8. The Morgan fingerprint density at radius 2 is 2.14 bits per heavy atom. The van der Waals surface area contributed by atoms with Crippen LogP contribution >= 0.6 is 0 Å². The van der Waals surface area contributed by atoms with E-state index in [0.717, 1.165) is 25.0 Å². The summed E-state index contributed by atoms with van der Waals surface area (Å²) in [6.07, 6.45) is 1.68. The molecule has 6 heteroatoms. The van der Waals surface area contributed by atoms with Crippen molar-refractivity contribution in [2.75, 3.05) is 31.6 Å². The smallest absolute Gasteiger partial charge is 0.322 e. The largest absolute Gasteiger partial charge is 0.381 e. The second-order valence-electron chi connectivity index (χ2n) is 5.20. The molecule has 0 aromatic heterocycles. The fraction of sp³-hybridized carbons (Fsp3) is 0.533. The molecular formula is C15H20F2N2O2. The minimum atomic E-state index is -0.774. The lowest BCUT2D eigenvalue weighted by molar-refractivity contribution is 0.169. The fourth-order valence-electron chi connectivity index (χ4n) is 2.39. The number of urea groups is 1. The van der Waals surface area contributed by atoms with Gasteiger partial charge in [-0.05, 0) is 25.0 Å². The van der Waals surface area contributed by atoms with Crippen molar-refractivity contribution in [1.29, 1.82) is 0 Å². The minimum Gasteiger partial charge on any atom is -0.381 e. The molecule has 1 heterocycles. The highest BCUT2D eigenvalue weighted by molar-refractivity contribution is 5.89. The lowest BCUT2D eigenvalue weighted by atomic mass is 10.1. The van der Waals surface area contributed by atoms with Crippen molar-refractivity contribution in [3.63, 3.8) is 0 Å². The topological polar surface area (TPSA) is 41.6 Å². The quantitative estimate of drug-likeness (QED) is 0.906. The van der Waals surface area contributed by atoms with Crippen LogP contribution in [0.4, 0.5) is 19.3 Å². The van der Waals surface area contributed by atoms with Crippen LogP contribution in [0.25, 0.3) is 0 Å². The molecule has 2 rings (SSSR count). The lowest BCUT2D eigenvalue weighted by Crippen LogP contribution is -2.39. The number of carbonyl (C=O) groups excluding carboxylic acids is 1. The number of carbonyl (C=O) groups is 1. The number of ether oxygens (including phenoxy) is 1. The number of hydrogen-bond acceptors (Lipinski definition) is 2. The Bertz CT molecular complexity index is 470. The van der Waals surface area contributed by atoms with Gasteiger partial charge in [0, 0.05) is 25.6 Å². The molecule has 2 amide bonds. The molecule has 4 nitrogen and oxygen atoms in total. The van der Waals surface area contributed by atoms with Gasteiger partial charge in [-0.3, -0.25) is 0 Å². The maximum Gasteiger partial charge on any atom is 0.322 e. The number of nitrogens with zero attached hydrogens (tertiary/aromatic N) is 1. The number of rotatable bonds is 5. The van der Waals surface area contributed by atoms with E-state index >= 15 is 0 Å². The third-order valence-electron chi connectivity index (χ3n) is 3.48. The van der Waals surface area contributed by atoms with Gasteiger partial charge in [-0.15, -0.1) is 0 Å². The number of anilines is 1. The van der Waals surface area contributed by atoms with Gasteiger partial charge in [0.25, 0.3) is 0 Å². The summed E-state index contributed by atoms with van der Waals surface area (Å²) in [5, 5.41) is 2.33. The number of amides is 2. The SMILES string of the molecule is CCCN(CC1CCOC1)C(=O)Nc1c(F)cccc1F. The van der Waals surface area contributed by atoms with Crippen molar-refractivity contribution in [3.05, 3.63) is 29.8 Å². The predicted molar refractivity (Wildman–Crippen MR) is 76.2 cm³/mol. The predicted octanol–water partition coefficient (Wildman–Crippen LogP) is 3.25. The first-order chi connectivity index (χ1) is 10.1. The molecule has 1 aromatic rings. The van der Waals surface area contributed by atoms with Crippen LogP contribution in [0, 0.1) is 17.6 Å². The molecule has 0 bridgehead atoms. The molecular weight excluding hydrogens is 278 g/mol. The molecule has 1 unspecified atom stereocenters. The first kappa shape index (κ1) is 15.7. The summed E-state index contributed by atoms with van der Waals surface area (Å²) in [5.41, 5.74) is -0.397. The Morgan fingerprint density at radius 3 is 2.71 bits per heavy atom.